The molecule has 0 radical (unpaired) electrons. The summed E-state index contributed by atoms with van der Waals surface area (Å²) in [5.41, 5.74) is 3.16. The molecule has 3 nitrogen and oxygen atoms in total. The standard InChI is InChI=1S/C20H21Cl2IN2O/c1-13-10-16(23)3-5-19(13)24-20(26)15-6-8-25(9-7-15)12-14-2-4-17(21)18(22)11-14/h2-5,10-11,15H,6-9,12H2,1H3,(H,24,26). The van der Waals surface area contributed by atoms with Crippen LogP contribution in [0.4, 0.5) is 5.69 Å². The number of hydrogen-bond acceptors (Lipinski definition) is 2. The second-order valence-corrected chi connectivity index (χ2v) is 8.81. The third-order valence-electron chi connectivity index (χ3n) is 4.79. The van der Waals surface area contributed by atoms with Crippen molar-refractivity contribution in [1.82, 2.24) is 4.90 Å². The van der Waals surface area contributed by atoms with Gasteiger partial charge in [-0.1, -0.05) is 29.3 Å². The highest BCUT2D eigenvalue weighted by Crippen LogP contribution is 2.26. The maximum absolute atomic E-state index is 12.6. The van der Waals surface area contributed by atoms with Crippen molar-refractivity contribution in [3.05, 3.63) is 61.1 Å². The minimum atomic E-state index is 0.0683. The summed E-state index contributed by atoms with van der Waals surface area (Å²) < 4.78 is 1.17. The number of carbonyl (C=O) groups excluding carboxylic acids is 1. The zero-order valence-corrected chi connectivity index (χ0v) is 18.2. The molecule has 1 heterocycles. The predicted molar refractivity (Wildman–Crippen MR) is 117 cm³/mol. The largest absolute Gasteiger partial charge is 0.326 e. The molecule has 138 valence electrons. The maximum atomic E-state index is 12.6. The Morgan fingerprint density at radius 1 is 1.15 bits per heavy atom. The Hall–Kier alpha value is -0.820. The average molecular weight is 503 g/mol. The van der Waals surface area contributed by atoms with Gasteiger partial charge in [0.15, 0.2) is 0 Å². The van der Waals surface area contributed by atoms with Crippen molar-refractivity contribution in [2.45, 2.75) is 26.3 Å². The van der Waals surface area contributed by atoms with Gasteiger partial charge in [0.25, 0.3) is 0 Å². The lowest BCUT2D eigenvalue weighted by molar-refractivity contribution is -0.121. The summed E-state index contributed by atoms with van der Waals surface area (Å²) in [5.74, 6) is 0.197. The van der Waals surface area contributed by atoms with Crippen LogP contribution in [-0.4, -0.2) is 23.9 Å². The molecule has 6 heteroatoms. The number of nitrogens with zero attached hydrogens (tertiary/aromatic N) is 1. The van der Waals surface area contributed by atoms with Crippen LogP contribution < -0.4 is 5.32 Å². The van der Waals surface area contributed by atoms with Crippen LogP contribution in [0.3, 0.4) is 0 Å². The van der Waals surface area contributed by atoms with E-state index in [0.29, 0.717) is 10.0 Å². The highest BCUT2D eigenvalue weighted by Gasteiger charge is 2.25. The number of nitrogens with one attached hydrogen (secondary N) is 1. The fourth-order valence-electron chi connectivity index (χ4n) is 3.25. The number of amides is 1. The van der Waals surface area contributed by atoms with E-state index in [0.717, 1.165) is 49.3 Å². The quantitative estimate of drug-likeness (QED) is 0.539. The van der Waals surface area contributed by atoms with E-state index in [9.17, 15) is 4.79 Å². The Kier molecular flexibility index (Phi) is 6.83. The topological polar surface area (TPSA) is 32.3 Å². The molecule has 2 aromatic carbocycles. The minimum absolute atomic E-state index is 0.0683. The van der Waals surface area contributed by atoms with E-state index in [1.807, 2.05) is 37.3 Å². The second kappa shape index (κ2) is 8.91. The van der Waals surface area contributed by atoms with Crippen LogP contribution in [0.25, 0.3) is 0 Å². The van der Waals surface area contributed by atoms with E-state index in [-0.39, 0.29) is 11.8 Å². The second-order valence-electron chi connectivity index (χ2n) is 6.75. The van der Waals surface area contributed by atoms with Gasteiger partial charge in [0.2, 0.25) is 5.91 Å². The molecule has 1 saturated heterocycles. The number of rotatable bonds is 4. The molecule has 0 aromatic heterocycles. The lowest BCUT2D eigenvalue weighted by Crippen LogP contribution is -2.37. The van der Waals surface area contributed by atoms with E-state index < -0.39 is 0 Å². The number of hydrogen-bond donors (Lipinski definition) is 1. The van der Waals surface area contributed by atoms with Crippen LogP contribution in [0.15, 0.2) is 36.4 Å². The Morgan fingerprint density at radius 3 is 2.54 bits per heavy atom. The molecule has 26 heavy (non-hydrogen) atoms. The Labute approximate surface area is 178 Å². The Balaban J connectivity index is 1.52. The zero-order chi connectivity index (χ0) is 18.7. The van der Waals surface area contributed by atoms with E-state index in [1.165, 1.54) is 3.57 Å². The predicted octanol–water partition coefficient (Wildman–Crippen LogP) is 5.76. The molecule has 1 amide bonds. The summed E-state index contributed by atoms with van der Waals surface area (Å²) in [4.78, 5) is 14.9. The van der Waals surface area contributed by atoms with Gasteiger partial charge >= 0.3 is 0 Å². The van der Waals surface area contributed by atoms with Crippen LogP contribution in [0.5, 0.6) is 0 Å². The number of aryl methyl sites for hydroxylation is 1. The fraction of sp³-hybridized carbons (Fsp3) is 0.350. The number of anilines is 1. The van der Waals surface area contributed by atoms with E-state index in [1.54, 1.807) is 0 Å². The van der Waals surface area contributed by atoms with E-state index in [4.69, 9.17) is 23.2 Å². The summed E-state index contributed by atoms with van der Waals surface area (Å²) in [5, 5.41) is 4.26. The third-order valence-corrected chi connectivity index (χ3v) is 6.20. The van der Waals surface area contributed by atoms with Gasteiger partial charge < -0.3 is 5.32 Å². The first-order chi connectivity index (χ1) is 12.4. The monoisotopic (exact) mass is 502 g/mol. The fourth-order valence-corrected chi connectivity index (χ4v) is 4.22. The van der Waals surface area contributed by atoms with Crippen molar-refractivity contribution in [3.8, 4) is 0 Å². The van der Waals surface area contributed by atoms with Crippen molar-refractivity contribution in [2.24, 2.45) is 5.92 Å². The molecule has 1 aliphatic rings. The molecule has 0 atom stereocenters. The molecule has 0 unspecified atom stereocenters. The van der Waals surface area contributed by atoms with Crippen molar-refractivity contribution in [2.75, 3.05) is 18.4 Å². The maximum Gasteiger partial charge on any atom is 0.227 e. The third kappa shape index (κ3) is 5.12. The van der Waals surface area contributed by atoms with Gasteiger partial charge in [0.05, 0.1) is 10.0 Å². The van der Waals surface area contributed by atoms with Crippen molar-refractivity contribution in [3.63, 3.8) is 0 Å². The molecular weight excluding hydrogens is 482 g/mol. The van der Waals surface area contributed by atoms with Crippen molar-refractivity contribution >= 4 is 57.4 Å². The van der Waals surface area contributed by atoms with E-state index in [2.05, 4.69) is 38.9 Å². The smallest absolute Gasteiger partial charge is 0.227 e. The van der Waals surface area contributed by atoms with Gasteiger partial charge in [-0.05, 0) is 96.9 Å². The Bertz CT molecular complexity index is 804. The summed E-state index contributed by atoms with van der Waals surface area (Å²) in [6.07, 6.45) is 1.74. The molecule has 2 aromatic rings. The average Bonchev–Trinajstić information content (AvgIpc) is 2.61. The first-order valence-corrected chi connectivity index (χ1v) is 10.5. The van der Waals surface area contributed by atoms with Gasteiger partial charge in [0, 0.05) is 21.7 Å². The number of piperidine rings is 1. The van der Waals surface area contributed by atoms with E-state index >= 15 is 0 Å². The molecule has 0 saturated carbocycles. The lowest BCUT2D eigenvalue weighted by Gasteiger charge is -2.31. The van der Waals surface area contributed by atoms with Crippen LogP contribution in [0.1, 0.15) is 24.0 Å². The molecule has 1 N–H and O–H groups in total. The van der Waals surface area contributed by atoms with Crippen LogP contribution >= 0.6 is 45.8 Å². The van der Waals surface area contributed by atoms with Crippen molar-refractivity contribution < 1.29 is 4.79 Å². The van der Waals surface area contributed by atoms with Crippen LogP contribution in [0.2, 0.25) is 10.0 Å². The molecule has 3 rings (SSSR count). The van der Waals surface area contributed by atoms with Gasteiger partial charge in [-0.3, -0.25) is 9.69 Å². The first kappa shape index (κ1) is 19.9. The summed E-state index contributed by atoms with van der Waals surface area (Å²) in [7, 11) is 0. The van der Waals surface area contributed by atoms with Crippen LogP contribution in [0, 0.1) is 16.4 Å². The number of carbonyl (C=O) groups is 1. The number of benzene rings is 2. The van der Waals surface area contributed by atoms with Gasteiger partial charge in [-0.2, -0.15) is 0 Å². The molecule has 1 fully saturated rings. The highest BCUT2D eigenvalue weighted by molar-refractivity contribution is 14.1. The molecule has 0 spiro atoms. The SMILES string of the molecule is Cc1cc(I)ccc1NC(=O)C1CCN(Cc2ccc(Cl)c(Cl)c2)CC1. The number of likely N-dealkylation sites (tertiary alicyclic amines) is 1. The zero-order valence-electron chi connectivity index (χ0n) is 14.6. The van der Waals surface area contributed by atoms with Gasteiger partial charge in [0.1, 0.15) is 0 Å². The van der Waals surface area contributed by atoms with Gasteiger partial charge in [-0.15, -0.1) is 0 Å². The first-order valence-electron chi connectivity index (χ1n) is 8.65. The number of halogens is 3. The lowest BCUT2D eigenvalue weighted by atomic mass is 9.95. The normalized spacial score (nSPS) is 15.8. The summed E-state index contributed by atoms with van der Waals surface area (Å²) in [6.45, 7) is 4.67. The van der Waals surface area contributed by atoms with Gasteiger partial charge in [-0.25, -0.2) is 0 Å². The summed E-state index contributed by atoms with van der Waals surface area (Å²) >= 11 is 14.3. The molecule has 0 bridgehead atoms. The molecule has 0 aliphatic carbocycles. The van der Waals surface area contributed by atoms with Crippen LogP contribution in [-0.2, 0) is 11.3 Å². The minimum Gasteiger partial charge on any atom is -0.326 e. The molecular formula is C20H21Cl2IN2O. The Morgan fingerprint density at radius 2 is 1.88 bits per heavy atom. The summed E-state index contributed by atoms with van der Waals surface area (Å²) in [6, 6.07) is 11.8. The van der Waals surface area contributed by atoms with Crippen molar-refractivity contribution in [1.29, 1.82) is 0 Å². The highest BCUT2D eigenvalue weighted by atomic mass is 127. The molecule has 1 aliphatic heterocycles.